The van der Waals surface area contributed by atoms with E-state index in [1.54, 1.807) is 23.5 Å². The van der Waals surface area contributed by atoms with Crippen LogP contribution < -0.4 is 5.32 Å². The highest BCUT2D eigenvalue weighted by molar-refractivity contribution is 7.89. The lowest BCUT2D eigenvalue weighted by atomic mass is 10.1. The summed E-state index contributed by atoms with van der Waals surface area (Å²) in [6, 6.07) is 3.58. The van der Waals surface area contributed by atoms with E-state index in [2.05, 4.69) is 17.2 Å². The summed E-state index contributed by atoms with van der Waals surface area (Å²) in [6.45, 7) is 2.65. The van der Waals surface area contributed by atoms with Crippen molar-refractivity contribution >= 4 is 15.7 Å². The first-order valence-corrected chi connectivity index (χ1v) is 8.70. The SMILES string of the molecule is CCC1CCCCCN1S(=O)(=O)c1ncccc1NC. The van der Waals surface area contributed by atoms with Gasteiger partial charge in [-0.15, -0.1) is 0 Å². The fourth-order valence-electron chi connectivity index (χ4n) is 2.77. The molecule has 1 N–H and O–H groups in total. The number of aromatic nitrogens is 1. The second kappa shape index (κ2) is 6.54. The number of hydrogen-bond acceptors (Lipinski definition) is 4. The Morgan fingerprint density at radius 2 is 2.20 bits per heavy atom. The standard InChI is InChI=1S/C14H23N3O2S/c1-3-12-8-5-4-6-11-17(12)20(18,19)14-13(15-2)9-7-10-16-14/h7,9-10,12,15H,3-6,8,11H2,1-2H3. The van der Waals surface area contributed by atoms with Crippen LogP contribution in [0.5, 0.6) is 0 Å². The molecule has 1 fully saturated rings. The summed E-state index contributed by atoms with van der Waals surface area (Å²) in [5.41, 5.74) is 0.562. The minimum atomic E-state index is -3.53. The van der Waals surface area contributed by atoms with Crippen molar-refractivity contribution < 1.29 is 8.42 Å². The Hall–Kier alpha value is -1.14. The summed E-state index contributed by atoms with van der Waals surface area (Å²) in [5, 5.41) is 3.06. The molecule has 112 valence electrons. The molecule has 1 aliphatic rings. The van der Waals surface area contributed by atoms with Gasteiger partial charge in [0.05, 0.1) is 5.69 Å². The fourth-order valence-corrected chi connectivity index (χ4v) is 4.65. The highest BCUT2D eigenvalue weighted by atomic mass is 32.2. The molecule has 0 aromatic carbocycles. The maximum absolute atomic E-state index is 12.9. The third-order valence-electron chi connectivity index (χ3n) is 3.89. The van der Waals surface area contributed by atoms with Gasteiger partial charge in [0.1, 0.15) is 0 Å². The number of hydrogen-bond donors (Lipinski definition) is 1. The summed E-state index contributed by atoms with van der Waals surface area (Å²) in [4.78, 5) is 4.10. The number of pyridine rings is 1. The van der Waals surface area contributed by atoms with E-state index in [-0.39, 0.29) is 11.1 Å². The van der Waals surface area contributed by atoms with Crippen molar-refractivity contribution in [3.63, 3.8) is 0 Å². The maximum Gasteiger partial charge on any atom is 0.262 e. The van der Waals surface area contributed by atoms with Crippen LogP contribution in [0.2, 0.25) is 0 Å². The zero-order chi connectivity index (χ0) is 14.6. The number of nitrogens with one attached hydrogen (secondary N) is 1. The Morgan fingerprint density at radius 3 is 2.90 bits per heavy atom. The van der Waals surface area contributed by atoms with Crippen molar-refractivity contribution in [3.05, 3.63) is 18.3 Å². The predicted molar refractivity (Wildman–Crippen MR) is 80.2 cm³/mol. The molecule has 0 amide bonds. The van der Waals surface area contributed by atoms with Crippen molar-refractivity contribution in [2.45, 2.75) is 50.1 Å². The third-order valence-corrected chi connectivity index (χ3v) is 5.80. The normalized spacial score (nSPS) is 21.4. The first kappa shape index (κ1) is 15.3. The zero-order valence-electron chi connectivity index (χ0n) is 12.2. The van der Waals surface area contributed by atoms with Gasteiger partial charge in [-0.1, -0.05) is 19.8 Å². The molecule has 6 heteroatoms. The highest BCUT2D eigenvalue weighted by Crippen LogP contribution is 2.28. The molecule has 20 heavy (non-hydrogen) atoms. The highest BCUT2D eigenvalue weighted by Gasteiger charge is 2.33. The van der Waals surface area contributed by atoms with E-state index in [1.807, 2.05) is 0 Å². The maximum atomic E-state index is 12.9. The molecular formula is C14H23N3O2S. The van der Waals surface area contributed by atoms with Gasteiger partial charge in [-0.25, -0.2) is 13.4 Å². The molecule has 0 radical (unpaired) electrons. The summed E-state index contributed by atoms with van der Waals surface area (Å²) >= 11 is 0. The molecule has 5 nitrogen and oxygen atoms in total. The molecule has 0 bridgehead atoms. The van der Waals surface area contributed by atoms with Crippen LogP contribution >= 0.6 is 0 Å². The minimum absolute atomic E-state index is 0.0919. The smallest absolute Gasteiger partial charge is 0.262 e. The summed E-state index contributed by atoms with van der Waals surface area (Å²) in [7, 11) is -1.81. The van der Waals surface area contributed by atoms with Crippen molar-refractivity contribution in [1.29, 1.82) is 0 Å². The summed E-state index contributed by atoms with van der Waals surface area (Å²) in [5.74, 6) is 0. The van der Waals surface area contributed by atoms with Gasteiger partial charge in [-0.05, 0) is 31.4 Å². The van der Waals surface area contributed by atoms with Gasteiger partial charge < -0.3 is 5.32 Å². The van der Waals surface area contributed by atoms with Gasteiger partial charge in [0.15, 0.2) is 5.03 Å². The van der Waals surface area contributed by atoms with E-state index >= 15 is 0 Å². The predicted octanol–water partition coefficient (Wildman–Crippen LogP) is 2.47. The Labute approximate surface area is 121 Å². The van der Waals surface area contributed by atoms with E-state index < -0.39 is 10.0 Å². The van der Waals surface area contributed by atoms with Crippen LogP contribution in [0.25, 0.3) is 0 Å². The Morgan fingerprint density at radius 1 is 1.40 bits per heavy atom. The lowest BCUT2D eigenvalue weighted by Crippen LogP contribution is -2.40. The number of nitrogens with zero attached hydrogens (tertiary/aromatic N) is 2. The van der Waals surface area contributed by atoms with Gasteiger partial charge in [0, 0.05) is 25.8 Å². The van der Waals surface area contributed by atoms with E-state index in [1.165, 1.54) is 6.20 Å². The Bertz CT molecular complexity index is 545. The van der Waals surface area contributed by atoms with Crippen LogP contribution in [0, 0.1) is 0 Å². The first-order chi connectivity index (χ1) is 9.61. The largest absolute Gasteiger partial charge is 0.386 e. The Balaban J connectivity index is 2.41. The lowest BCUT2D eigenvalue weighted by Gasteiger charge is -2.28. The van der Waals surface area contributed by atoms with Crippen LogP contribution in [-0.4, -0.2) is 37.3 Å². The van der Waals surface area contributed by atoms with Gasteiger partial charge >= 0.3 is 0 Å². The van der Waals surface area contributed by atoms with E-state index in [9.17, 15) is 8.42 Å². The van der Waals surface area contributed by atoms with E-state index in [0.29, 0.717) is 12.2 Å². The summed E-state index contributed by atoms with van der Waals surface area (Å²) < 4.78 is 27.5. The van der Waals surface area contributed by atoms with E-state index in [4.69, 9.17) is 0 Å². The van der Waals surface area contributed by atoms with E-state index in [0.717, 1.165) is 32.1 Å². The van der Waals surface area contributed by atoms with Crippen molar-refractivity contribution in [1.82, 2.24) is 9.29 Å². The molecule has 2 rings (SSSR count). The van der Waals surface area contributed by atoms with Crippen molar-refractivity contribution in [3.8, 4) is 0 Å². The molecule has 0 saturated carbocycles. The molecule has 1 unspecified atom stereocenters. The molecule has 1 aromatic heterocycles. The number of rotatable bonds is 4. The van der Waals surface area contributed by atoms with Crippen LogP contribution in [0.4, 0.5) is 5.69 Å². The van der Waals surface area contributed by atoms with Crippen LogP contribution in [0.1, 0.15) is 39.0 Å². The van der Waals surface area contributed by atoms with Gasteiger partial charge in [0.2, 0.25) is 0 Å². The van der Waals surface area contributed by atoms with Crippen molar-refractivity contribution in [2.75, 3.05) is 18.9 Å². The molecule has 1 atom stereocenters. The first-order valence-electron chi connectivity index (χ1n) is 7.26. The quantitative estimate of drug-likeness (QED) is 0.927. The second-order valence-corrected chi connectivity index (χ2v) is 6.94. The fraction of sp³-hybridized carbons (Fsp3) is 0.643. The molecule has 1 saturated heterocycles. The van der Waals surface area contributed by atoms with Crippen LogP contribution in [0.15, 0.2) is 23.4 Å². The minimum Gasteiger partial charge on any atom is -0.386 e. The van der Waals surface area contributed by atoms with Gasteiger partial charge in [-0.2, -0.15) is 4.31 Å². The Kier molecular flexibility index (Phi) is 4.99. The molecule has 2 heterocycles. The topological polar surface area (TPSA) is 62.3 Å². The third kappa shape index (κ3) is 2.96. The molecular weight excluding hydrogens is 274 g/mol. The van der Waals surface area contributed by atoms with Gasteiger partial charge in [0.25, 0.3) is 10.0 Å². The number of anilines is 1. The second-order valence-electron chi connectivity index (χ2n) is 5.13. The molecule has 1 aromatic rings. The van der Waals surface area contributed by atoms with Crippen LogP contribution in [-0.2, 0) is 10.0 Å². The average Bonchev–Trinajstić information content (AvgIpc) is 2.72. The molecule has 0 aliphatic carbocycles. The lowest BCUT2D eigenvalue weighted by molar-refractivity contribution is 0.314. The summed E-state index contributed by atoms with van der Waals surface area (Å²) in [6.07, 6.45) is 6.46. The van der Waals surface area contributed by atoms with Crippen LogP contribution in [0.3, 0.4) is 0 Å². The van der Waals surface area contributed by atoms with Gasteiger partial charge in [-0.3, -0.25) is 0 Å². The average molecular weight is 297 g/mol. The zero-order valence-corrected chi connectivity index (χ0v) is 13.0. The van der Waals surface area contributed by atoms with Crippen molar-refractivity contribution in [2.24, 2.45) is 0 Å². The molecule has 0 spiro atoms. The monoisotopic (exact) mass is 297 g/mol. The molecule has 1 aliphatic heterocycles. The number of sulfonamides is 1.